The summed E-state index contributed by atoms with van der Waals surface area (Å²) in [5.41, 5.74) is 2.28. The van der Waals surface area contributed by atoms with Crippen molar-refractivity contribution in [1.82, 2.24) is 4.72 Å². The van der Waals surface area contributed by atoms with Gasteiger partial charge in [-0.1, -0.05) is 18.2 Å². The molecular formula is C17H19N3O4S. The molecule has 0 aliphatic carbocycles. The molecule has 132 valence electrons. The smallest absolute Gasteiger partial charge is 0.269 e. The van der Waals surface area contributed by atoms with Crippen LogP contribution in [0.5, 0.6) is 0 Å². The maximum absolute atomic E-state index is 12.4. The Hall–Kier alpha value is -2.45. The number of benzene rings is 2. The van der Waals surface area contributed by atoms with Crippen LogP contribution in [0.1, 0.15) is 12.5 Å². The van der Waals surface area contributed by atoms with Gasteiger partial charge < -0.3 is 4.90 Å². The fraction of sp³-hybridized carbons (Fsp3) is 0.294. The first kappa shape index (κ1) is 17.4. The number of fused-ring (bicyclic) bond motifs is 1. The molecule has 1 atom stereocenters. The number of nitro groups is 1. The number of nitrogens with one attached hydrogen (secondary N) is 1. The van der Waals surface area contributed by atoms with Gasteiger partial charge >= 0.3 is 0 Å². The molecule has 1 N–H and O–H groups in total. The molecule has 1 unspecified atom stereocenters. The molecule has 0 saturated heterocycles. The Balaban J connectivity index is 1.67. The zero-order valence-corrected chi connectivity index (χ0v) is 14.6. The number of hydrogen-bond acceptors (Lipinski definition) is 5. The van der Waals surface area contributed by atoms with Crippen LogP contribution >= 0.6 is 0 Å². The van der Waals surface area contributed by atoms with Crippen LogP contribution in [0.25, 0.3) is 0 Å². The van der Waals surface area contributed by atoms with Crippen LogP contribution in [0.3, 0.4) is 0 Å². The minimum Gasteiger partial charge on any atom is -0.367 e. The summed E-state index contributed by atoms with van der Waals surface area (Å²) in [6.07, 6.45) is 0.954. The number of hydrogen-bond donors (Lipinski definition) is 1. The van der Waals surface area contributed by atoms with Gasteiger partial charge in [-0.05, 0) is 37.1 Å². The third kappa shape index (κ3) is 3.64. The maximum Gasteiger partial charge on any atom is 0.269 e. The molecule has 0 amide bonds. The van der Waals surface area contributed by atoms with E-state index in [2.05, 4.69) is 15.7 Å². The van der Waals surface area contributed by atoms with Crippen LogP contribution in [0.4, 0.5) is 11.4 Å². The van der Waals surface area contributed by atoms with Crippen molar-refractivity contribution in [1.29, 1.82) is 0 Å². The molecule has 25 heavy (non-hydrogen) atoms. The molecule has 1 heterocycles. The van der Waals surface area contributed by atoms with E-state index in [0.717, 1.165) is 18.7 Å². The highest BCUT2D eigenvalue weighted by molar-refractivity contribution is 7.89. The quantitative estimate of drug-likeness (QED) is 0.630. The van der Waals surface area contributed by atoms with Gasteiger partial charge in [-0.15, -0.1) is 0 Å². The Labute approximate surface area is 146 Å². The van der Waals surface area contributed by atoms with E-state index >= 15 is 0 Å². The van der Waals surface area contributed by atoms with Crippen LogP contribution in [0.15, 0.2) is 53.4 Å². The topological polar surface area (TPSA) is 92.5 Å². The van der Waals surface area contributed by atoms with E-state index in [1.807, 2.05) is 25.1 Å². The first-order valence-electron chi connectivity index (χ1n) is 7.97. The predicted molar refractivity (Wildman–Crippen MR) is 95.2 cm³/mol. The molecule has 8 heteroatoms. The minimum atomic E-state index is -3.70. The van der Waals surface area contributed by atoms with Gasteiger partial charge in [-0.25, -0.2) is 13.1 Å². The molecule has 0 aromatic heterocycles. The van der Waals surface area contributed by atoms with E-state index in [0.29, 0.717) is 0 Å². The summed E-state index contributed by atoms with van der Waals surface area (Å²) in [7, 11) is -3.70. The van der Waals surface area contributed by atoms with E-state index in [-0.39, 0.29) is 23.2 Å². The maximum atomic E-state index is 12.4. The van der Waals surface area contributed by atoms with Gasteiger partial charge in [0.05, 0.1) is 9.82 Å². The zero-order valence-electron chi connectivity index (χ0n) is 13.8. The molecule has 2 aromatic carbocycles. The van der Waals surface area contributed by atoms with E-state index in [9.17, 15) is 18.5 Å². The normalized spacial score (nSPS) is 15.0. The van der Waals surface area contributed by atoms with Gasteiger partial charge in [0.2, 0.25) is 10.0 Å². The largest absolute Gasteiger partial charge is 0.367 e. The second-order valence-corrected chi connectivity index (χ2v) is 7.79. The third-order valence-corrected chi connectivity index (χ3v) is 5.82. The van der Waals surface area contributed by atoms with E-state index in [1.165, 1.54) is 29.8 Å². The lowest BCUT2D eigenvalue weighted by atomic mass is 10.2. The predicted octanol–water partition coefficient (Wildman–Crippen LogP) is 2.32. The summed E-state index contributed by atoms with van der Waals surface area (Å²) in [5.74, 6) is 0. The SMILES string of the molecule is CC(CNS(=O)(=O)c1ccc([N+](=O)[O-])cc1)N1CCc2ccccc21. The van der Waals surface area contributed by atoms with Crippen molar-refractivity contribution in [2.75, 3.05) is 18.0 Å². The number of nitro benzene ring substituents is 1. The molecule has 1 aliphatic rings. The average Bonchev–Trinajstić information content (AvgIpc) is 3.04. The highest BCUT2D eigenvalue weighted by atomic mass is 32.2. The zero-order chi connectivity index (χ0) is 18.0. The molecular weight excluding hydrogens is 342 g/mol. The van der Waals surface area contributed by atoms with E-state index < -0.39 is 14.9 Å². The average molecular weight is 361 g/mol. The molecule has 0 fully saturated rings. The summed E-state index contributed by atoms with van der Waals surface area (Å²) in [5, 5.41) is 10.7. The number of rotatable bonds is 6. The van der Waals surface area contributed by atoms with Crippen molar-refractivity contribution >= 4 is 21.4 Å². The van der Waals surface area contributed by atoms with Gasteiger partial charge in [0.15, 0.2) is 0 Å². The van der Waals surface area contributed by atoms with Crippen LogP contribution in [-0.2, 0) is 16.4 Å². The summed E-state index contributed by atoms with van der Waals surface area (Å²) in [6.45, 7) is 3.09. The minimum absolute atomic E-state index is 0.00327. The fourth-order valence-electron chi connectivity index (χ4n) is 2.99. The van der Waals surface area contributed by atoms with E-state index in [4.69, 9.17) is 0 Å². The monoisotopic (exact) mass is 361 g/mol. The highest BCUT2D eigenvalue weighted by Gasteiger charge is 2.24. The van der Waals surface area contributed by atoms with Crippen LogP contribution in [0.2, 0.25) is 0 Å². The Morgan fingerprint density at radius 1 is 1.20 bits per heavy atom. The van der Waals surface area contributed by atoms with Crippen molar-refractivity contribution in [2.24, 2.45) is 0 Å². The van der Waals surface area contributed by atoms with Gasteiger partial charge in [0.25, 0.3) is 5.69 Å². The summed E-state index contributed by atoms with van der Waals surface area (Å²) in [6, 6.07) is 13.0. The standard InChI is InChI=1S/C17H19N3O4S/c1-13(19-11-10-14-4-2-3-5-17(14)19)12-18-25(23,24)16-8-6-15(7-9-16)20(21)22/h2-9,13,18H,10-12H2,1H3. The number of non-ortho nitro benzene ring substituents is 1. The molecule has 0 spiro atoms. The van der Waals surface area contributed by atoms with Crippen molar-refractivity contribution in [3.05, 3.63) is 64.2 Å². The lowest BCUT2D eigenvalue weighted by molar-refractivity contribution is -0.384. The van der Waals surface area contributed by atoms with Crippen molar-refractivity contribution < 1.29 is 13.3 Å². The van der Waals surface area contributed by atoms with Crippen molar-refractivity contribution in [3.63, 3.8) is 0 Å². The molecule has 1 aliphatic heterocycles. The Kier molecular flexibility index (Phi) is 4.73. The first-order valence-corrected chi connectivity index (χ1v) is 9.45. The third-order valence-electron chi connectivity index (χ3n) is 4.38. The lowest BCUT2D eigenvalue weighted by Crippen LogP contribution is -2.41. The number of sulfonamides is 1. The molecule has 0 saturated carbocycles. The molecule has 0 radical (unpaired) electrons. The molecule has 0 bridgehead atoms. The van der Waals surface area contributed by atoms with Gasteiger partial charge in [0.1, 0.15) is 0 Å². The van der Waals surface area contributed by atoms with Crippen molar-refractivity contribution in [3.8, 4) is 0 Å². The van der Waals surface area contributed by atoms with E-state index in [1.54, 1.807) is 0 Å². The summed E-state index contributed by atoms with van der Waals surface area (Å²) in [4.78, 5) is 12.3. The van der Waals surface area contributed by atoms with Gasteiger partial charge in [-0.2, -0.15) is 0 Å². The van der Waals surface area contributed by atoms with Gasteiger partial charge in [-0.3, -0.25) is 10.1 Å². The number of para-hydroxylation sites is 1. The molecule has 3 rings (SSSR count). The highest BCUT2D eigenvalue weighted by Crippen LogP contribution is 2.29. The van der Waals surface area contributed by atoms with Crippen LogP contribution < -0.4 is 9.62 Å². The number of anilines is 1. The molecule has 2 aromatic rings. The summed E-state index contributed by atoms with van der Waals surface area (Å²) < 4.78 is 27.3. The Bertz CT molecular complexity index is 881. The summed E-state index contributed by atoms with van der Waals surface area (Å²) >= 11 is 0. The Morgan fingerprint density at radius 3 is 2.56 bits per heavy atom. The second kappa shape index (κ2) is 6.81. The fourth-order valence-corrected chi connectivity index (χ4v) is 4.11. The first-order chi connectivity index (χ1) is 11.9. The second-order valence-electron chi connectivity index (χ2n) is 6.02. The lowest BCUT2D eigenvalue weighted by Gasteiger charge is -2.27. The number of nitrogens with zero attached hydrogens (tertiary/aromatic N) is 2. The van der Waals surface area contributed by atoms with Gasteiger partial charge in [0, 0.05) is 37.0 Å². The molecule has 7 nitrogen and oxygen atoms in total. The van der Waals surface area contributed by atoms with Crippen LogP contribution in [0, 0.1) is 10.1 Å². The Morgan fingerprint density at radius 2 is 1.88 bits per heavy atom. The van der Waals surface area contributed by atoms with Crippen molar-refractivity contribution in [2.45, 2.75) is 24.3 Å². The van der Waals surface area contributed by atoms with Crippen LogP contribution in [-0.4, -0.2) is 32.5 Å².